The van der Waals surface area contributed by atoms with Gasteiger partial charge >= 0.3 is 0 Å². The van der Waals surface area contributed by atoms with Gasteiger partial charge in [-0.25, -0.2) is 19.3 Å². The largest absolute Gasteiger partial charge is 0.208 e. The first-order chi connectivity index (χ1) is 16.5. The summed E-state index contributed by atoms with van der Waals surface area (Å²) < 4.78 is 14.0. The number of aromatic nitrogens is 3. The summed E-state index contributed by atoms with van der Waals surface area (Å²) in [5.74, 6) is 0.865. The van der Waals surface area contributed by atoms with Crippen LogP contribution >= 0.6 is 0 Å². The number of nitriles is 1. The molecule has 4 rings (SSSR count). The van der Waals surface area contributed by atoms with Crippen LogP contribution < -0.4 is 0 Å². The number of benzene rings is 3. The third-order valence-electron chi connectivity index (χ3n) is 6.00. The number of halogens is 1. The van der Waals surface area contributed by atoms with Crippen molar-refractivity contribution >= 4 is 0 Å². The molecule has 1 heterocycles. The molecule has 0 atom stereocenters. The molecule has 0 bridgehead atoms. The molecule has 0 fully saturated rings. The fraction of sp³-hybridized carbons (Fsp3) is 0.267. The first-order valence-electron chi connectivity index (χ1n) is 11.6. The molecule has 1 aromatic heterocycles. The average molecular weight is 465 g/mol. The Bertz CT molecular complexity index is 1330. The third kappa shape index (κ3) is 5.27. The minimum absolute atomic E-state index is 0.0323. The quantitative estimate of drug-likeness (QED) is 0.315. The highest BCUT2D eigenvalue weighted by Gasteiger charge is 2.18. The van der Waals surface area contributed by atoms with Crippen LogP contribution in [0.1, 0.15) is 58.2 Å². The van der Waals surface area contributed by atoms with Gasteiger partial charge in [-0.1, -0.05) is 90.1 Å². The predicted octanol–water partition coefficient (Wildman–Crippen LogP) is 7.48. The Labute approximate surface area is 206 Å². The van der Waals surface area contributed by atoms with Crippen molar-refractivity contribution in [3.8, 4) is 40.2 Å². The molecule has 35 heavy (non-hydrogen) atoms. The minimum Gasteiger partial charge on any atom is -0.208 e. The van der Waals surface area contributed by atoms with Crippen molar-refractivity contribution in [1.82, 2.24) is 15.0 Å². The van der Waals surface area contributed by atoms with Crippen LogP contribution in [0, 0.1) is 17.1 Å². The van der Waals surface area contributed by atoms with Crippen LogP contribution in [0.5, 0.6) is 0 Å². The van der Waals surface area contributed by atoms with Crippen LogP contribution in [-0.2, 0) is 10.8 Å². The van der Waals surface area contributed by atoms with E-state index in [0.717, 1.165) is 11.1 Å². The molecule has 4 nitrogen and oxygen atoms in total. The standard InChI is InChI=1S/C30H29FN4/c1-29(2,3)23-12-7-19(8-13-23)26-33-27(20-9-14-24(15-10-20)30(4,5)6)35-28(34-26)21-11-16-25(31)22(17-21)18-32/h7-17H,1-6H3. The second-order valence-corrected chi connectivity index (χ2v) is 10.8. The van der Waals surface area contributed by atoms with Gasteiger partial charge in [-0.2, -0.15) is 5.26 Å². The van der Waals surface area contributed by atoms with Gasteiger partial charge in [0.1, 0.15) is 11.9 Å². The van der Waals surface area contributed by atoms with Gasteiger partial charge in [0.05, 0.1) is 5.56 Å². The van der Waals surface area contributed by atoms with Gasteiger partial charge in [0.2, 0.25) is 0 Å². The maximum atomic E-state index is 14.0. The van der Waals surface area contributed by atoms with E-state index in [2.05, 4.69) is 65.8 Å². The maximum Gasteiger partial charge on any atom is 0.164 e. The van der Waals surface area contributed by atoms with Crippen molar-refractivity contribution in [3.05, 3.63) is 89.2 Å². The van der Waals surface area contributed by atoms with Crippen LogP contribution in [-0.4, -0.2) is 15.0 Å². The summed E-state index contributed by atoms with van der Waals surface area (Å²) in [4.78, 5) is 14.2. The zero-order valence-electron chi connectivity index (χ0n) is 21.0. The van der Waals surface area contributed by atoms with Crippen LogP contribution in [0.25, 0.3) is 34.2 Å². The fourth-order valence-electron chi connectivity index (χ4n) is 3.75. The number of hydrogen-bond acceptors (Lipinski definition) is 4. The summed E-state index contributed by atoms with van der Waals surface area (Å²) in [5, 5.41) is 9.30. The molecule has 0 saturated heterocycles. The summed E-state index contributed by atoms with van der Waals surface area (Å²) in [6.45, 7) is 13.0. The van der Waals surface area contributed by atoms with Crippen molar-refractivity contribution in [1.29, 1.82) is 5.26 Å². The van der Waals surface area contributed by atoms with Gasteiger partial charge in [0, 0.05) is 16.7 Å². The van der Waals surface area contributed by atoms with E-state index in [1.807, 2.05) is 30.3 Å². The van der Waals surface area contributed by atoms with E-state index in [1.165, 1.54) is 23.3 Å². The van der Waals surface area contributed by atoms with E-state index >= 15 is 0 Å². The molecule has 176 valence electrons. The van der Waals surface area contributed by atoms with E-state index in [9.17, 15) is 9.65 Å². The summed E-state index contributed by atoms with van der Waals surface area (Å²) in [6, 6.07) is 22.6. The zero-order chi connectivity index (χ0) is 25.4. The van der Waals surface area contributed by atoms with E-state index in [0.29, 0.717) is 23.0 Å². The molecule has 0 aliphatic carbocycles. The van der Waals surface area contributed by atoms with Crippen LogP contribution in [0.2, 0.25) is 0 Å². The summed E-state index contributed by atoms with van der Waals surface area (Å²) in [5.41, 5.74) is 4.72. The van der Waals surface area contributed by atoms with E-state index in [4.69, 9.17) is 15.0 Å². The fourth-order valence-corrected chi connectivity index (χ4v) is 3.75. The zero-order valence-corrected chi connectivity index (χ0v) is 21.0. The van der Waals surface area contributed by atoms with E-state index in [1.54, 1.807) is 6.07 Å². The van der Waals surface area contributed by atoms with E-state index in [-0.39, 0.29) is 16.4 Å². The lowest BCUT2D eigenvalue weighted by Crippen LogP contribution is -2.10. The second-order valence-electron chi connectivity index (χ2n) is 10.8. The van der Waals surface area contributed by atoms with Gasteiger partial charge in [-0.05, 0) is 40.2 Å². The first-order valence-corrected chi connectivity index (χ1v) is 11.6. The van der Waals surface area contributed by atoms with Crippen LogP contribution in [0.15, 0.2) is 66.7 Å². The molecule has 0 saturated carbocycles. The predicted molar refractivity (Wildman–Crippen MR) is 138 cm³/mol. The van der Waals surface area contributed by atoms with Gasteiger partial charge in [0.25, 0.3) is 0 Å². The lowest BCUT2D eigenvalue weighted by Gasteiger charge is -2.19. The Morgan fingerprint density at radius 1 is 0.600 bits per heavy atom. The maximum absolute atomic E-state index is 14.0. The molecule has 0 N–H and O–H groups in total. The number of rotatable bonds is 3. The molecule has 0 radical (unpaired) electrons. The van der Waals surface area contributed by atoms with Crippen LogP contribution in [0.4, 0.5) is 4.39 Å². The van der Waals surface area contributed by atoms with Crippen molar-refractivity contribution < 1.29 is 4.39 Å². The van der Waals surface area contributed by atoms with Gasteiger partial charge in [-0.15, -0.1) is 0 Å². The average Bonchev–Trinajstić information content (AvgIpc) is 2.83. The molecule has 0 aliphatic rings. The number of nitrogens with zero attached hydrogens (tertiary/aromatic N) is 4. The van der Waals surface area contributed by atoms with Gasteiger partial charge in [-0.3, -0.25) is 0 Å². The summed E-state index contributed by atoms with van der Waals surface area (Å²) >= 11 is 0. The van der Waals surface area contributed by atoms with Crippen molar-refractivity contribution in [2.45, 2.75) is 52.4 Å². The van der Waals surface area contributed by atoms with Crippen LogP contribution in [0.3, 0.4) is 0 Å². The monoisotopic (exact) mass is 464 g/mol. The first kappa shape index (κ1) is 24.2. The highest BCUT2D eigenvalue weighted by Crippen LogP contribution is 2.29. The van der Waals surface area contributed by atoms with Gasteiger partial charge in [0.15, 0.2) is 17.5 Å². The van der Waals surface area contributed by atoms with E-state index < -0.39 is 5.82 Å². The Balaban J connectivity index is 1.87. The number of hydrogen-bond donors (Lipinski definition) is 0. The normalized spacial score (nSPS) is 11.8. The molecule has 4 aromatic rings. The van der Waals surface area contributed by atoms with Crippen molar-refractivity contribution in [2.24, 2.45) is 0 Å². The Morgan fingerprint density at radius 3 is 1.34 bits per heavy atom. The molecule has 0 amide bonds. The topological polar surface area (TPSA) is 62.5 Å². The highest BCUT2D eigenvalue weighted by atomic mass is 19.1. The Morgan fingerprint density at radius 2 is 0.971 bits per heavy atom. The van der Waals surface area contributed by atoms with Gasteiger partial charge < -0.3 is 0 Å². The minimum atomic E-state index is -0.568. The molecular formula is C30H29FN4. The Kier molecular flexibility index (Phi) is 6.25. The smallest absolute Gasteiger partial charge is 0.164 e. The molecule has 3 aromatic carbocycles. The molecule has 0 aliphatic heterocycles. The third-order valence-corrected chi connectivity index (χ3v) is 6.00. The summed E-state index contributed by atoms with van der Waals surface area (Å²) in [7, 11) is 0. The lowest BCUT2D eigenvalue weighted by molar-refractivity contribution is 0.590. The summed E-state index contributed by atoms with van der Waals surface area (Å²) in [6.07, 6.45) is 0. The molecular weight excluding hydrogens is 435 g/mol. The molecule has 5 heteroatoms. The second kappa shape index (κ2) is 9.03. The Hall–Kier alpha value is -3.91. The van der Waals surface area contributed by atoms with Crippen molar-refractivity contribution in [2.75, 3.05) is 0 Å². The highest BCUT2D eigenvalue weighted by molar-refractivity contribution is 5.67. The molecule has 0 unspecified atom stereocenters. The van der Waals surface area contributed by atoms with Crippen molar-refractivity contribution in [3.63, 3.8) is 0 Å². The SMILES string of the molecule is CC(C)(C)c1ccc(-c2nc(-c3ccc(C(C)(C)C)cc3)nc(-c3ccc(F)c(C#N)c3)n2)cc1. The molecule has 0 spiro atoms. The lowest BCUT2D eigenvalue weighted by atomic mass is 9.86.